The van der Waals surface area contributed by atoms with Gasteiger partial charge in [-0.3, -0.25) is 5.32 Å². The molecule has 1 N–H and O–H groups in total. The van der Waals surface area contributed by atoms with Crippen LogP contribution in [0.1, 0.15) is 30.9 Å². The lowest BCUT2D eigenvalue weighted by molar-refractivity contribution is 0.155. The van der Waals surface area contributed by atoms with Gasteiger partial charge in [0.05, 0.1) is 0 Å². The van der Waals surface area contributed by atoms with Gasteiger partial charge in [-0.15, -0.1) is 0 Å². The number of nitrogens with zero attached hydrogens (tertiary/aromatic N) is 2. The average Bonchev–Trinajstić information content (AvgIpc) is 2.53. The number of carbonyl (C=O) groups excluding carboxylic acids is 1. The highest BCUT2D eigenvalue weighted by atomic mass is 35.5. The Kier molecular flexibility index (Phi) is 6.62. The molecule has 1 heterocycles. The molecule has 0 saturated heterocycles. The number of anilines is 1. The summed E-state index contributed by atoms with van der Waals surface area (Å²) in [6, 6.07) is 9.35. The molecular weight excluding hydrogens is 337 g/mol. The maximum Gasteiger partial charge on any atom is 0.414 e. The fourth-order valence-electron chi connectivity index (χ4n) is 1.90. The Morgan fingerprint density at radius 2 is 1.83 bits per heavy atom. The Balaban J connectivity index is 1.95. The van der Waals surface area contributed by atoms with Gasteiger partial charge >= 0.3 is 6.09 Å². The van der Waals surface area contributed by atoms with Gasteiger partial charge in [0.15, 0.2) is 0 Å². The molecule has 2 aromatic rings. The number of hydrogen-bond donors (Lipinski definition) is 1. The summed E-state index contributed by atoms with van der Waals surface area (Å²) in [5.74, 6) is 0.0262. The molecule has 2 rings (SSSR count). The third kappa shape index (κ3) is 5.37. The van der Waals surface area contributed by atoms with Gasteiger partial charge < -0.3 is 4.74 Å². The zero-order valence-electron chi connectivity index (χ0n) is 12.7. The molecule has 0 radical (unpaired) electrons. The van der Waals surface area contributed by atoms with Crippen molar-refractivity contribution >= 4 is 35.2 Å². The first-order chi connectivity index (χ1) is 11.1. The van der Waals surface area contributed by atoms with Crippen LogP contribution < -0.4 is 5.32 Å². The van der Waals surface area contributed by atoms with Crippen LogP contribution in [0.3, 0.4) is 0 Å². The Morgan fingerprint density at radius 3 is 2.43 bits per heavy atom. The van der Waals surface area contributed by atoms with Crippen LogP contribution in [0.25, 0.3) is 0 Å². The summed E-state index contributed by atoms with van der Waals surface area (Å²) in [6.07, 6.45) is 1.99. The lowest BCUT2D eigenvalue weighted by atomic mass is 10.1. The minimum atomic E-state index is -0.665. The van der Waals surface area contributed by atoms with Crippen molar-refractivity contribution in [2.24, 2.45) is 0 Å². The van der Waals surface area contributed by atoms with Gasteiger partial charge in [0.25, 0.3) is 0 Å². The second-order valence-electron chi connectivity index (χ2n) is 4.90. The van der Waals surface area contributed by atoms with Gasteiger partial charge in [0, 0.05) is 5.56 Å². The second kappa shape index (κ2) is 8.70. The SMILES string of the molecule is CCCCc1c(Cl)nc(NC(=O)OCc2ccccc2)nc1Cl. The number of halogens is 2. The second-order valence-corrected chi connectivity index (χ2v) is 5.61. The van der Waals surface area contributed by atoms with Crippen molar-refractivity contribution in [1.29, 1.82) is 0 Å². The summed E-state index contributed by atoms with van der Waals surface area (Å²) in [5, 5.41) is 2.92. The average molecular weight is 354 g/mol. The normalized spacial score (nSPS) is 10.4. The first-order valence-electron chi connectivity index (χ1n) is 7.29. The maximum absolute atomic E-state index is 11.8. The van der Waals surface area contributed by atoms with E-state index in [4.69, 9.17) is 27.9 Å². The van der Waals surface area contributed by atoms with Crippen molar-refractivity contribution < 1.29 is 9.53 Å². The molecule has 0 aliphatic carbocycles. The molecule has 23 heavy (non-hydrogen) atoms. The molecule has 0 atom stereocenters. The number of hydrogen-bond acceptors (Lipinski definition) is 4. The van der Waals surface area contributed by atoms with E-state index in [9.17, 15) is 4.79 Å². The first kappa shape index (κ1) is 17.5. The van der Waals surface area contributed by atoms with Crippen LogP contribution in [-0.4, -0.2) is 16.1 Å². The van der Waals surface area contributed by atoms with Gasteiger partial charge in [-0.05, 0) is 18.4 Å². The van der Waals surface area contributed by atoms with E-state index in [2.05, 4.69) is 22.2 Å². The number of amides is 1. The minimum absolute atomic E-state index is 0.0262. The van der Waals surface area contributed by atoms with Crippen LogP contribution in [0.4, 0.5) is 10.7 Å². The van der Waals surface area contributed by atoms with Crippen LogP contribution in [-0.2, 0) is 17.8 Å². The molecule has 0 saturated carbocycles. The van der Waals surface area contributed by atoms with Crippen LogP contribution in [0, 0.1) is 0 Å². The molecule has 1 aromatic heterocycles. The predicted molar refractivity (Wildman–Crippen MR) is 90.9 cm³/mol. The molecule has 0 unspecified atom stereocenters. The summed E-state index contributed by atoms with van der Waals surface area (Å²) in [7, 11) is 0. The van der Waals surface area contributed by atoms with E-state index in [0.29, 0.717) is 12.0 Å². The number of ether oxygens (including phenoxy) is 1. The Bertz CT molecular complexity index is 643. The third-order valence-electron chi connectivity index (χ3n) is 3.11. The number of benzene rings is 1. The Morgan fingerprint density at radius 1 is 1.17 bits per heavy atom. The van der Waals surface area contributed by atoms with E-state index in [1.54, 1.807) is 0 Å². The molecule has 0 bridgehead atoms. The van der Waals surface area contributed by atoms with Crippen LogP contribution >= 0.6 is 23.2 Å². The maximum atomic E-state index is 11.8. The number of aromatic nitrogens is 2. The fraction of sp³-hybridized carbons (Fsp3) is 0.312. The molecule has 5 nitrogen and oxygen atoms in total. The van der Waals surface area contributed by atoms with Crippen LogP contribution in [0.5, 0.6) is 0 Å². The summed E-state index contributed by atoms with van der Waals surface area (Å²) in [5.41, 5.74) is 1.58. The summed E-state index contributed by atoms with van der Waals surface area (Å²) in [6.45, 7) is 2.23. The molecule has 0 aliphatic rings. The Hall–Kier alpha value is -1.85. The molecule has 0 aliphatic heterocycles. The van der Waals surface area contributed by atoms with E-state index in [0.717, 1.165) is 18.4 Å². The zero-order valence-corrected chi connectivity index (χ0v) is 14.2. The van der Waals surface area contributed by atoms with E-state index in [-0.39, 0.29) is 22.9 Å². The van der Waals surface area contributed by atoms with E-state index < -0.39 is 6.09 Å². The van der Waals surface area contributed by atoms with Crippen molar-refractivity contribution in [3.8, 4) is 0 Å². The molecule has 1 amide bonds. The molecule has 0 spiro atoms. The predicted octanol–water partition coefficient (Wildman–Crippen LogP) is 4.87. The standard InChI is InChI=1S/C16H17Cl2N3O2/c1-2-3-9-12-13(17)19-15(20-14(12)18)21-16(22)23-10-11-7-5-4-6-8-11/h4-8H,2-3,9-10H2,1H3,(H,19,20,21,22). The number of rotatable bonds is 6. The largest absolute Gasteiger partial charge is 0.444 e. The summed E-state index contributed by atoms with van der Waals surface area (Å²) in [4.78, 5) is 19.8. The zero-order chi connectivity index (χ0) is 16.7. The van der Waals surface area contributed by atoms with Gasteiger partial charge in [0.1, 0.15) is 16.9 Å². The van der Waals surface area contributed by atoms with Crippen molar-refractivity contribution in [2.75, 3.05) is 5.32 Å². The van der Waals surface area contributed by atoms with Crippen molar-refractivity contribution in [3.63, 3.8) is 0 Å². The topological polar surface area (TPSA) is 64.1 Å². The van der Waals surface area contributed by atoms with E-state index in [1.165, 1.54) is 0 Å². The van der Waals surface area contributed by atoms with Gasteiger partial charge in [-0.25, -0.2) is 14.8 Å². The monoisotopic (exact) mass is 353 g/mol. The van der Waals surface area contributed by atoms with Gasteiger partial charge in [-0.2, -0.15) is 0 Å². The third-order valence-corrected chi connectivity index (χ3v) is 3.74. The summed E-state index contributed by atoms with van der Waals surface area (Å²) < 4.78 is 5.09. The molecule has 0 fully saturated rings. The van der Waals surface area contributed by atoms with Crippen molar-refractivity contribution in [3.05, 3.63) is 51.8 Å². The van der Waals surface area contributed by atoms with Crippen molar-refractivity contribution in [1.82, 2.24) is 9.97 Å². The lowest BCUT2D eigenvalue weighted by Gasteiger charge is -2.09. The number of nitrogens with one attached hydrogen (secondary N) is 1. The number of unbranched alkanes of at least 4 members (excludes halogenated alkanes) is 1. The highest BCUT2D eigenvalue weighted by Gasteiger charge is 2.13. The first-order valence-corrected chi connectivity index (χ1v) is 8.05. The molecular formula is C16H17Cl2N3O2. The van der Waals surface area contributed by atoms with E-state index in [1.807, 2.05) is 30.3 Å². The van der Waals surface area contributed by atoms with Gasteiger partial charge in [-0.1, -0.05) is 66.9 Å². The highest BCUT2D eigenvalue weighted by Crippen LogP contribution is 2.24. The van der Waals surface area contributed by atoms with Crippen molar-refractivity contribution in [2.45, 2.75) is 32.8 Å². The van der Waals surface area contributed by atoms with Crippen LogP contribution in [0.2, 0.25) is 10.3 Å². The highest BCUT2D eigenvalue weighted by molar-refractivity contribution is 6.34. The lowest BCUT2D eigenvalue weighted by Crippen LogP contribution is -2.16. The van der Waals surface area contributed by atoms with E-state index >= 15 is 0 Å². The minimum Gasteiger partial charge on any atom is -0.444 e. The fourth-order valence-corrected chi connectivity index (χ4v) is 2.47. The molecule has 7 heteroatoms. The van der Waals surface area contributed by atoms with Gasteiger partial charge in [0.2, 0.25) is 5.95 Å². The Labute approximate surface area is 145 Å². The number of carbonyl (C=O) groups is 1. The van der Waals surface area contributed by atoms with Crippen LogP contribution in [0.15, 0.2) is 30.3 Å². The molecule has 1 aromatic carbocycles. The molecule has 122 valence electrons. The quantitative estimate of drug-likeness (QED) is 0.752. The smallest absolute Gasteiger partial charge is 0.414 e. The summed E-state index contributed by atoms with van der Waals surface area (Å²) >= 11 is 12.2.